The van der Waals surface area contributed by atoms with Gasteiger partial charge < -0.3 is 11.1 Å². The van der Waals surface area contributed by atoms with Gasteiger partial charge in [-0.1, -0.05) is 12.2 Å². The van der Waals surface area contributed by atoms with Gasteiger partial charge in [-0.3, -0.25) is 4.79 Å². The third-order valence-corrected chi connectivity index (χ3v) is 1.89. The number of halogens is 1. The molecular formula is C11H14FN3O. The van der Waals surface area contributed by atoms with Crippen molar-refractivity contribution >= 4 is 17.8 Å². The number of amides is 1. The Morgan fingerprint density at radius 3 is 3.06 bits per heavy atom. The van der Waals surface area contributed by atoms with Gasteiger partial charge in [-0.15, -0.1) is 0 Å². The quantitative estimate of drug-likeness (QED) is 0.757. The predicted octanol–water partition coefficient (Wildman–Crippen LogP) is 1.34. The molecule has 5 heteroatoms. The standard InChI is InChI=1S/C11H14FN3O/c1-8(16)14-5-3-2-4-9-6-10(12)11(13)15-7-9/h2,4,6-7H,3,5H2,1H3,(H2,13,15)(H,14,16). The summed E-state index contributed by atoms with van der Waals surface area (Å²) in [5, 5.41) is 2.65. The normalized spacial score (nSPS) is 10.6. The number of hydrogen-bond acceptors (Lipinski definition) is 3. The van der Waals surface area contributed by atoms with E-state index in [1.807, 2.05) is 6.08 Å². The van der Waals surface area contributed by atoms with Crippen LogP contribution in [-0.4, -0.2) is 17.4 Å². The van der Waals surface area contributed by atoms with Crippen molar-refractivity contribution in [3.63, 3.8) is 0 Å². The third-order valence-electron chi connectivity index (χ3n) is 1.89. The Bertz CT molecular complexity index is 404. The zero-order chi connectivity index (χ0) is 12.0. The maximum absolute atomic E-state index is 13.0. The molecule has 0 aliphatic heterocycles. The second-order valence-corrected chi connectivity index (χ2v) is 3.31. The summed E-state index contributed by atoms with van der Waals surface area (Å²) in [6, 6.07) is 1.32. The molecule has 0 atom stereocenters. The zero-order valence-corrected chi connectivity index (χ0v) is 9.03. The van der Waals surface area contributed by atoms with Gasteiger partial charge in [0.05, 0.1) is 0 Å². The molecule has 0 saturated carbocycles. The summed E-state index contributed by atoms with van der Waals surface area (Å²) in [5.41, 5.74) is 5.89. The number of hydrogen-bond donors (Lipinski definition) is 2. The summed E-state index contributed by atoms with van der Waals surface area (Å²) in [4.78, 5) is 14.2. The number of aromatic nitrogens is 1. The molecule has 1 amide bonds. The SMILES string of the molecule is CC(=O)NCCC=Cc1cnc(N)c(F)c1. The lowest BCUT2D eigenvalue weighted by atomic mass is 10.2. The molecule has 0 spiro atoms. The zero-order valence-electron chi connectivity index (χ0n) is 9.03. The Balaban J connectivity index is 2.44. The van der Waals surface area contributed by atoms with Gasteiger partial charge in [0.2, 0.25) is 5.91 Å². The predicted molar refractivity (Wildman–Crippen MR) is 60.9 cm³/mol. The van der Waals surface area contributed by atoms with Gasteiger partial charge in [-0.25, -0.2) is 9.37 Å². The van der Waals surface area contributed by atoms with E-state index < -0.39 is 5.82 Å². The van der Waals surface area contributed by atoms with Crippen LogP contribution in [0, 0.1) is 5.82 Å². The molecule has 0 aliphatic carbocycles. The van der Waals surface area contributed by atoms with Crippen molar-refractivity contribution in [2.24, 2.45) is 0 Å². The van der Waals surface area contributed by atoms with E-state index in [0.717, 1.165) is 0 Å². The van der Waals surface area contributed by atoms with Crippen LogP contribution in [0.25, 0.3) is 6.08 Å². The minimum Gasteiger partial charge on any atom is -0.381 e. The largest absolute Gasteiger partial charge is 0.381 e. The number of nitrogen functional groups attached to an aromatic ring is 1. The molecule has 0 saturated heterocycles. The first-order valence-corrected chi connectivity index (χ1v) is 4.91. The van der Waals surface area contributed by atoms with E-state index >= 15 is 0 Å². The lowest BCUT2D eigenvalue weighted by Gasteiger charge is -1.98. The van der Waals surface area contributed by atoms with Crippen molar-refractivity contribution < 1.29 is 9.18 Å². The Labute approximate surface area is 93.4 Å². The van der Waals surface area contributed by atoms with Crippen molar-refractivity contribution in [3.8, 4) is 0 Å². The lowest BCUT2D eigenvalue weighted by Crippen LogP contribution is -2.20. The minimum absolute atomic E-state index is 0.0615. The van der Waals surface area contributed by atoms with Crippen LogP contribution in [0.5, 0.6) is 0 Å². The Kier molecular flexibility index (Phi) is 4.44. The van der Waals surface area contributed by atoms with Crippen molar-refractivity contribution in [2.45, 2.75) is 13.3 Å². The molecule has 0 unspecified atom stereocenters. The number of carbonyl (C=O) groups excluding carboxylic acids is 1. The van der Waals surface area contributed by atoms with Crippen LogP contribution in [0.15, 0.2) is 18.3 Å². The summed E-state index contributed by atoms with van der Waals surface area (Å²) < 4.78 is 13.0. The number of rotatable bonds is 4. The maximum Gasteiger partial charge on any atom is 0.216 e. The fraction of sp³-hybridized carbons (Fsp3) is 0.273. The van der Waals surface area contributed by atoms with Crippen molar-refractivity contribution in [3.05, 3.63) is 29.7 Å². The molecule has 16 heavy (non-hydrogen) atoms. The van der Waals surface area contributed by atoms with E-state index in [1.165, 1.54) is 19.2 Å². The van der Waals surface area contributed by atoms with Gasteiger partial charge in [0, 0.05) is 19.7 Å². The van der Waals surface area contributed by atoms with E-state index in [9.17, 15) is 9.18 Å². The van der Waals surface area contributed by atoms with E-state index in [0.29, 0.717) is 18.5 Å². The summed E-state index contributed by atoms with van der Waals surface area (Å²) in [7, 11) is 0. The molecule has 0 radical (unpaired) electrons. The average Bonchev–Trinajstić information content (AvgIpc) is 2.22. The molecule has 0 aliphatic rings. The Morgan fingerprint density at radius 1 is 1.69 bits per heavy atom. The van der Waals surface area contributed by atoms with Gasteiger partial charge in [-0.05, 0) is 18.1 Å². The van der Waals surface area contributed by atoms with Gasteiger partial charge in [0.15, 0.2) is 11.6 Å². The maximum atomic E-state index is 13.0. The second kappa shape index (κ2) is 5.85. The van der Waals surface area contributed by atoms with Crippen molar-refractivity contribution in [1.29, 1.82) is 0 Å². The van der Waals surface area contributed by atoms with Crippen molar-refractivity contribution in [1.82, 2.24) is 10.3 Å². The summed E-state index contributed by atoms with van der Waals surface area (Å²) in [6.45, 7) is 2.03. The fourth-order valence-electron chi connectivity index (χ4n) is 1.11. The number of nitrogens with two attached hydrogens (primary N) is 1. The first-order valence-electron chi connectivity index (χ1n) is 4.91. The molecule has 3 N–H and O–H groups in total. The lowest BCUT2D eigenvalue weighted by molar-refractivity contribution is -0.118. The molecule has 1 aromatic heterocycles. The van der Waals surface area contributed by atoms with Crippen LogP contribution in [0.1, 0.15) is 18.9 Å². The van der Waals surface area contributed by atoms with E-state index in [4.69, 9.17) is 5.73 Å². The molecule has 0 fully saturated rings. The number of nitrogens with one attached hydrogen (secondary N) is 1. The molecule has 4 nitrogen and oxygen atoms in total. The van der Waals surface area contributed by atoms with E-state index in [-0.39, 0.29) is 11.7 Å². The van der Waals surface area contributed by atoms with E-state index in [2.05, 4.69) is 10.3 Å². The highest BCUT2D eigenvalue weighted by molar-refractivity contribution is 5.72. The summed E-state index contributed by atoms with van der Waals surface area (Å²) in [5.74, 6) is -0.687. The second-order valence-electron chi connectivity index (χ2n) is 3.31. The van der Waals surface area contributed by atoms with Crippen LogP contribution in [0.2, 0.25) is 0 Å². The number of carbonyl (C=O) groups is 1. The van der Waals surface area contributed by atoms with Crippen LogP contribution in [0.3, 0.4) is 0 Å². The molecule has 0 bridgehead atoms. The van der Waals surface area contributed by atoms with Crippen LogP contribution in [-0.2, 0) is 4.79 Å². The number of pyridine rings is 1. The van der Waals surface area contributed by atoms with Crippen LogP contribution < -0.4 is 11.1 Å². The monoisotopic (exact) mass is 223 g/mol. The third kappa shape index (κ3) is 4.08. The first-order chi connectivity index (χ1) is 7.59. The van der Waals surface area contributed by atoms with Gasteiger partial charge in [0.25, 0.3) is 0 Å². The molecular weight excluding hydrogens is 209 g/mol. The highest BCUT2D eigenvalue weighted by atomic mass is 19.1. The smallest absolute Gasteiger partial charge is 0.216 e. The Morgan fingerprint density at radius 2 is 2.44 bits per heavy atom. The van der Waals surface area contributed by atoms with Crippen molar-refractivity contribution in [2.75, 3.05) is 12.3 Å². The molecule has 86 valence electrons. The summed E-state index contributed by atoms with van der Waals surface area (Å²) >= 11 is 0. The fourth-order valence-corrected chi connectivity index (χ4v) is 1.11. The van der Waals surface area contributed by atoms with Gasteiger partial charge >= 0.3 is 0 Å². The van der Waals surface area contributed by atoms with Crippen LogP contribution in [0.4, 0.5) is 10.2 Å². The number of anilines is 1. The highest BCUT2D eigenvalue weighted by Crippen LogP contribution is 2.09. The topological polar surface area (TPSA) is 68.0 Å². The molecule has 1 rings (SSSR count). The van der Waals surface area contributed by atoms with Gasteiger partial charge in [-0.2, -0.15) is 0 Å². The highest BCUT2D eigenvalue weighted by Gasteiger charge is 1.98. The first kappa shape index (κ1) is 12.2. The molecule has 1 aromatic rings. The number of nitrogens with zero attached hydrogens (tertiary/aromatic N) is 1. The van der Waals surface area contributed by atoms with Crippen LogP contribution >= 0.6 is 0 Å². The summed E-state index contributed by atoms with van der Waals surface area (Å²) in [6.07, 6.45) is 5.75. The van der Waals surface area contributed by atoms with Gasteiger partial charge in [0.1, 0.15) is 0 Å². The Hall–Kier alpha value is -1.91. The minimum atomic E-state index is -0.524. The molecule has 0 aromatic carbocycles. The van der Waals surface area contributed by atoms with E-state index in [1.54, 1.807) is 6.08 Å². The molecule has 1 heterocycles. The average molecular weight is 223 g/mol.